The van der Waals surface area contributed by atoms with Crippen LogP contribution in [0.15, 0.2) is 0 Å². The minimum atomic E-state index is -0.389. The van der Waals surface area contributed by atoms with Crippen molar-refractivity contribution in [2.24, 2.45) is 17.1 Å². The molecule has 0 radical (unpaired) electrons. The van der Waals surface area contributed by atoms with E-state index in [9.17, 15) is 4.79 Å². The van der Waals surface area contributed by atoms with Gasteiger partial charge in [0.25, 0.3) is 0 Å². The number of nitrogens with two attached hydrogens (primary N) is 1. The first-order valence-corrected chi connectivity index (χ1v) is 8.57. The zero-order chi connectivity index (χ0) is 15.6. The molecule has 1 saturated heterocycles. The quantitative estimate of drug-likeness (QED) is 0.815. The molecule has 0 aromatic heterocycles. The minimum absolute atomic E-state index is 0. The summed E-state index contributed by atoms with van der Waals surface area (Å²) >= 11 is 0. The molecule has 1 amide bonds. The van der Waals surface area contributed by atoms with Crippen LogP contribution in [0.2, 0.25) is 0 Å². The summed E-state index contributed by atoms with van der Waals surface area (Å²) in [7, 11) is 0. The lowest BCUT2D eigenvalue weighted by atomic mass is 9.86. The molecule has 0 aromatic carbocycles. The maximum absolute atomic E-state index is 12.5. The van der Waals surface area contributed by atoms with Gasteiger partial charge in [0.05, 0.1) is 6.04 Å². The van der Waals surface area contributed by atoms with Gasteiger partial charge in [-0.25, -0.2) is 0 Å². The van der Waals surface area contributed by atoms with E-state index < -0.39 is 0 Å². The Kier molecular flexibility index (Phi) is 9.44. The number of carbonyl (C=O) groups is 1. The predicted octanol–water partition coefficient (Wildman–Crippen LogP) is 2.93. The smallest absolute Gasteiger partial charge is 0.240 e. The molecule has 2 N–H and O–H groups in total. The van der Waals surface area contributed by atoms with Gasteiger partial charge in [0.2, 0.25) is 5.91 Å². The molecule has 1 atom stereocenters. The van der Waals surface area contributed by atoms with Crippen molar-refractivity contribution in [2.45, 2.75) is 65.5 Å². The summed E-state index contributed by atoms with van der Waals surface area (Å²) in [6.07, 6.45) is 5.38. The molecule has 1 saturated carbocycles. The molecule has 138 valence electrons. The molecule has 1 aliphatic heterocycles. The highest BCUT2D eigenvalue weighted by atomic mass is 35.5. The average Bonchev–Trinajstić information content (AvgIpc) is 2.46. The van der Waals surface area contributed by atoms with Gasteiger partial charge >= 0.3 is 0 Å². The molecule has 1 heterocycles. The Morgan fingerprint density at radius 2 is 1.48 bits per heavy atom. The van der Waals surface area contributed by atoms with Crippen LogP contribution in [-0.4, -0.2) is 54.0 Å². The normalized spacial score (nSPS) is 27.6. The van der Waals surface area contributed by atoms with E-state index in [1.807, 2.05) is 25.7 Å². The summed E-state index contributed by atoms with van der Waals surface area (Å²) in [5, 5.41) is 0. The molecular weight excluding hydrogens is 333 g/mol. The number of hydrogen-bond donors (Lipinski definition) is 1. The fraction of sp³-hybridized carbons (Fsp3) is 0.941. The van der Waals surface area contributed by atoms with Crippen LogP contribution in [0.5, 0.6) is 0 Å². The van der Waals surface area contributed by atoms with E-state index in [2.05, 4.69) is 11.8 Å². The highest BCUT2D eigenvalue weighted by Crippen LogP contribution is 2.28. The van der Waals surface area contributed by atoms with Crippen molar-refractivity contribution in [1.29, 1.82) is 0 Å². The Hall–Kier alpha value is -0.0300. The molecular formula is C17H35Cl2N3O. The first-order valence-electron chi connectivity index (χ1n) is 8.57. The molecule has 23 heavy (non-hydrogen) atoms. The van der Waals surface area contributed by atoms with E-state index in [1.165, 1.54) is 25.7 Å². The Bertz CT molecular complexity index is 357. The summed E-state index contributed by atoms with van der Waals surface area (Å²) in [6, 6.07) is 0.356. The second-order valence-electron chi connectivity index (χ2n) is 8.12. The lowest BCUT2D eigenvalue weighted by molar-refractivity contribution is -0.137. The van der Waals surface area contributed by atoms with Crippen molar-refractivity contribution in [2.75, 3.05) is 26.2 Å². The van der Waals surface area contributed by atoms with Crippen molar-refractivity contribution in [3.8, 4) is 0 Å². The van der Waals surface area contributed by atoms with Crippen LogP contribution >= 0.6 is 24.8 Å². The van der Waals surface area contributed by atoms with Crippen LogP contribution in [0.25, 0.3) is 0 Å². The van der Waals surface area contributed by atoms with Gasteiger partial charge in [-0.1, -0.05) is 27.7 Å². The van der Waals surface area contributed by atoms with Gasteiger partial charge in [-0.05, 0) is 37.0 Å². The van der Waals surface area contributed by atoms with Gasteiger partial charge in [0, 0.05) is 32.2 Å². The summed E-state index contributed by atoms with van der Waals surface area (Å²) in [5.41, 5.74) is 5.95. The SMILES string of the molecule is CC1CCC(N2CCN(C(=O)[C@@H](N)C(C)(C)C)CC2)CC1.Cl.Cl. The molecule has 2 rings (SSSR count). The van der Waals surface area contributed by atoms with Gasteiger partial charge in [0.1, 0.15) is 0 Å². The standard InChI is InChI=1S/C17H33N3O.2ClH/c1-13-5-7-14(8-6-13)19-9-11-20(12-10-19)16(21)15(18)17(2,3)4;;/h13-15H,5-12,18H2,1-4H3;2*1H/t13?,14?,15-;;/m1../s1. The Balaban J connectivity index is 0.00000242. The Morgan fingerprint density at radius 3 is 1.91 bits per heavy atom. The molecule has 0 unspecified atom stereocenters. The van der Waals surface area contributed by atoms with Crippen LogP contribution in [0.4, 0.5) is 0 Å². The molecule has 2 fully saturated rings. The van der Waals surface area contributed by atoms with Crippen LogP contribution in [0.1, 0.15) is 53.4 Å². The number of nitrogens with zero attached hydrogens (tertiary/aromatic N) is 2. The van der Waals surface area contributed by atoms with Crippen molar-refractivity contribution >= 4 is 30.7 Å². The third kappa shape index (κ3) is 6.08. The first-order chi connectivity index (χ1) is 9.79. The third-order valence-electron chi connectivity index (χ3n) is 5.33. The number of rotatable bonds is 2. The second kappa shape index (κ2) is 9.45. The number of amides is 1. The van der Waals surface area contributed by atoms with Gasteiger partial charge in [-0.15, -0.1) is 24.8 Å². The topological polar surface area (TPSA) is 49.6 Å². The number of piperazine rings is 1. The largest absolute Gasteiger partial charge is 0.339 e. The number of carbonyl (C=O) groups excluding carboxylic acids is 1. The first kappa shape index (κ1) is 23.0. The van der Waals surface area contributed by atoms with Crippen molar-refractivity contribution < 1.29 is 4.79 Å². The monoisotopic (exact) mass is 367 g/mol. The molecule has 1 aliphatic carbocycles. The van der Waals surface area contributed by atoms with E-state index in [0.717, 1.165) is 38.1 Å². The predicted molar refractivity (Wildman–Crippen MR) is 101 cm³/mol. The van der Waals surface area contributed by atoms with Crippen LogP contribution < -0.4 is 5.73 Å². The maximum Gasteiger partial charge on any atom is 0.240 e. The van der Waals surface area contributed by atoms with Crippen molar-refractivity contribution in [3.63, 3.8) is 0 Å². The highest BCUT2D eigenvalue weighted by molar-refractivity contribution is 5.85. The van der Waals surface area contributed by atoms with Crippen LogP contribution in [-0.2, 0) is 4.79 Å². The Labute approximate surface area is 154 Å². The molecule has 0 aromatic rings. The summed E-state index contributed by atoms with van der Waals surface area (Å²) in [4.78, 5) is 17.0. The fourth-order valence-electron chi connectivity index (χ4n) is 3.48. The van der Waals surface area contributed by atoms with Gasteiger partial charge < -0.3 is 10.6 Å². The van der Waals surface area contributed by atoms with E-state index >= 15 is 0 Å². The van der Waals surface area contributed by atoms with Crippen LogP contribution in [0.3, 0.4) is 0 Å². The van der Waals surface area contributed by atoms with Gasteiger partial charge in [0.15, 0.2) is 0 Å². The maximum atomic E-state index is 12.5. The van der Waals surface area contributed by atoms with E-state index in [-0.39, 0.29) is 42.2 Å². The van der Waals surface area contributed by atoms with E-state index in [1.54, 1.807) is 0 Å². The van der Waals surface area contributed by atoms with E-state index in [4.69, 9.17) is 5.73 Å². The fourth-order valence-corrected chi connectivity index (χ4v) is 3.48. The average molecular weight is 368 g/mol. The summed E-state index contributed by atoms with van der Waals surface area (Å²) in [5.74, 6) is 1.02. The minimum Gasteiger partial charge on any atom is -0.339 e. The molecule has 2 aliphatic rings. The number of hydrogen-bond acceptors (Lipinski definition) is 3. The lowest BCUT2D eigenvalue weighted by Crippen LogP contribution is -2.57. The summed E-state index contributed by atoms with van der Waals surface area (Å²) in [6.45, 7) is 12.2. The summed E-state index contributed by atoms with van der Waals surface area (Å²) < 4.78 is 0. The molecule has 0 spiro atoms. The molecule has 6 heteroatoms. The van der Waals surface area contributed by atoms with Crippen LogP contribution in [0, 0.1) is 11.3 Å². The van der Waals surface area contributed by atoms with E-state index in [0.29, 0.717) is 0 Å². The zero-order valence-corrected chi connectivity index (χ0v) is 16.7. The third-order valence-corrected chi connectivity index (χ3v) is 5.33. The van der Waals surface area contributed by atoms with Crippen molar-refractivity contribution in [1.82, 2.24) is 9.80 Å². The lowest BCUT2D eigenvalue weighted by Gasteiger charge is -2.43. The second-order valence-corrected chi connectivity index (χ2v) is 8.12. The highest BCUT2D eigenvalue weighted by Gasteiger charge is 2.34. The van der Waals surface area contributed by atoms with Gasteiger partial charge in [-0.3, -0.25) is 9.69 Å². The Morgan fingerprint density at radius 1 is 1.00 bits per heavy atom. The molecule has 0 bridgehead atoms. The zero-order valence-electron chi connectivity index (χ0n) is 15.1. The van der Waals surface area contributed by atoms with Crippen molar-refractivity contribution in [3.05, 3.63) is 0 Å². The van der Waals surface area contributed by atoms with Gasteiger partial charge in [-0.2, -0.15) is 0 Å². The molecule has 4 nitrogen and oxygen atoms in total. The number of halogens is 2.